The summed E-state index contributed by atoms with van der Waals surface area (Å²) < 4.78 is 0. The second-order valence-corrected chi connectivity index (χ2v) is 5.93. The van der Waals surface area contributed by atoms with Gasteiger partial charge in [0.15, 0.2) is 0 Å². The second-order valence-electron chi connectivity index (χ2n) is 4.75. The molecule has 15 heavy (non-hydrogen) atoms. The Labute approximate surface area is 101 Å². The summed E-state index contributed by atoms with van der Waals surface area (Å²) in [7, 11) is 0. The van der Waals surface area contributed by atoms with E-state index in [4.69, 9.17) is 0 Å². The maximum Gasteiger partial charge on any atom is 0.0214 e. The molecule has 0 aliphatic heterocycles. The molecule has 0 aromatic heterocycles. The molecule has 82 valence electrons. The van der Waals surface area contributed by atoms with E-state index >= 15 is 0 Å². The van der Waals surface area contributed by atoms with E-state index in [1.807, 2.05) is 0 Å². The number of halogens is 1. The van der Waals surface area contributed by atoms with E-state index in [2.05, 4.69) is 47.1 Å². The van der Waals surface area contributed by atoms with Crippen LogP contribution in [0.2, 0.25) is 0 Å². The van der Waals surface area contributed by atoms with Gasteiger partial charge in [-0.1, -0.05) is 58.6 Å². The average Bonchev–Trinajstić information content (AvgIpc) is 2.74. The van der Waals surface area contributed by atoms with Gasteiger partial charge in [-0.25, -0.2) is 0 Å². The topological polar surface area (TPSA) is 0 Å². The Morgan fingerprint density at radius 2 is 1.80 bits per heavy atom. The molecule has 0 nitrogen and oxygen atoms in total. The third kappa shape index (κ3) is 3.07. The fourth-order valence-electron chi connectivity index (χ4n) is 2.44. The van der Waals surface area contributed by atoms with Crippen LogP contribution in [0.15, 0.2) is 24.3 Å². The van der Waals surface area contributed by atoms with Crippen molar-refractivity contribution in [3.05, 3.63) is 35.4 Å². The lowest BCUT2D eigenvalue weighted by Crippen LogP contribution is -2.13. The predicted molar refractivity (Wildman–Crippen MR) is 69.6 cm³/mol. The third-order valence-electron chi connectivity index (χ3n) is 3.46. The predicted octanol–water partition coefficient (Wildman–Crippen LogP) is 4.49. The molecule has 0 amide bonds. The van der Waals surface area contributed by atoms with Gasteiger partial charge in [-0.2, -0.15) is 0 Å². The molecule has 0 spiro atoms. The van der Waals surface area contributed by atoms with Crippen LogP contribution in [0.5, 0.6) is 0 Å². The molecule has 0 radical (unpaired) electrons. The van der Waals surface area contributed by atoms with E-state index < -0.39 is 0 Å². The molecule has 1 aromatic carbocycles. The summed E-state index contributed by atoms with van der Waals surface area (Å²) in [5, 5.41) is 0. The van der Waals surface area contributed by atoms with Crippen LogP contribution in [-0.2, 0) is 6.42 Å². The molecule has 1 aliphatic rings. The van der Waals surface area contributed by atoms with Crippen LogP contribution in [0.4, 0.5) is 0 Å². The first-order valence-electron chi connectivity index (χ1n) is 5.95. The molecule has 0 N–H and O–H groups in total. The molecule has 0 heterocycles. The van der Waals surface area contributed by atoms with Gasteiger partial charge in [0.25, 0.3) is 0 Å². The first kappa shape index (κ1) is 11.2. The minimum Gasteiger partial charge on any atom is -0.0884 e. The highest BCUT2D eigenvalue weighted by molar-refractivity contribution is 9.09. The highest BCUT2D eigenvalue weighted by Gasteiger charge is 2.22. The lowest BCUT2D eigenvalue weighted by molar-refractivity contribution is 0.525. The molecule has 0 saturated heterocycles. The number of rotatable bonds is 3. The van der Waals surface area contributed by atoms with Crippen LogP contribution in [0.3, 0.4) is 0 Å². The van der Waals surface area contributed by atoms with Gasteiger partial charge in [-0.05, 0) is 37.7 Å². The van der Waals surface area contributed by atoms with Gasteiger partial charge in [0.05, 0.1) is 0 Å². The van der Waals surface area contributed by atoms with Gasteiger partial charge < -0.3 is 0 Å². The van der Waals surface area contributed by atoms with Crippen molar-refractivity contribution in [3.8, 4) is 0 Å². The third-order valence-corrected chi connectivity index (χ3v) is 4.53. The summed E-state index contributed by atoms with van der Waals surface area (Å²) in [5.41, 5.74) is 2.82. The number of alkyl halides is 1. The molecule has 1 fully saturated rings. The molecule has 2 rings (SSSR count). The van der Waals surface area contributed by atoms with E-state index in [1.54, 1.807) is 0 Å². The number of hydrogen-bond donors (Lipinski definition) is 0. The molecular formula is C14H19Br. The summed E-state index contributed by atoms with van der Waals surface area (Å²) >= 11 is 3.86. The van der Waals surface area contributed by atoms with Crippen molar-refractivity contribution < 1.29 is 0 Å². The summed E-state index contributed by atoms with van der Waals surface area (Å²) in [5.74, 6) is 0.909. The fraction of sp³-hybridized carbons (Fsp3) is 0.571. The van der Waals surface area contributed by atoms with Crippen molar-refractivity contribution in [1.29, 1.82) is 0 Å². The Morgan fingerprint density at radius 3 is 2.40 bits per heavy atom. The van der Waals surface area contributed by atoms with E-state index in [9.17, 15) is 0 Å². The van der Waals surface area contributed by atoms with Crippen molar-refractivity contribution in [3.63, 3.8) is 0 Å². The van der Waals surface area contributed by atoms with Crippen molar-refractivity contribution in [2.75, 3.05) is 0 Å². The van der Waals surface area contributed by atoms with Gasteiger partial charge in [0.1, 0.15) is 0 Å². The van der Waals surface area contributed by atoms with Gasteiger partial charge in [0, 0.05) is 4.83 Å². The monoisotopic (exact) mass is 266 g/mol. The molecule has 1 saturated carbocycles. The van der Waals surface area contributed by atoms with Gasteiger partial charge >= 0.3 is 0 Å². The minimum atomic E-state index is 0.683. The largest absolute Gasteiger partial charge is 0.0884 e. The maximum atomic E-state index is 3.86. The summed E-state index contributed by atoms with van der Waals surface area (Å²) in [6.07, 6.45) is 6.88. The fourth-order valence-corrected chi connectivity index (χ4v) is 3.34. The molecule has 1 aliphatic carbocycles. The summed E-state index contributed by atoms with van der Waals surface area (Å²) in [4.78, 5) is 0.683. The number of benzene rings is 1. The van der Waals surface area contributed by atoms with E-state index in [0.717, 1.165) is 5.92 Å². The standard InChI is InChI=1S/C14H19Br/c1-11-6-8-12(9-7-11)10-14(15)13-4-2-3-5-13/h6-9,13-14H,2-5,10H2,1H3. The molecule has 1 aromatic rings. The van der Waals surface area contributed by atoms with Crippen LogP contribution in [-0.4, -0.2) is 4.83 Å². The van der Waals surface area contributed by atoms with Crippen LogP contribution in [0.25, 0.3) is 0 Å². The molecule has 1 unspecified atom stereocenters. The van der Waals surface area contributed by atoms with Crippen molar-refractivity contribution in [2.24, 2.45) is 5.92 Å². The van der Waals surface area contributed by atoms with Gasteiger partial charge in [-0.3, -0.25) is 0 Å². The van der Waals surface area contributed by atoms with Crippen molar-refractivity contribution in [2.45, 2.75) is 43.9 Å². The Kier molecular flexibility index (Phi) is 3.85. The van der Waals surface area contributed by atoms with Crippen LogP contribution >= 0.6 is 15.9 Å². The average molecular weight is 267 g/mol. The van der Waals surface area contributed by atoms with Crippen LogP contribution < -0.4 is 0 Å². The van der Waals surface area contributed by atoms with Crippen molar-refractivity contribution >= 4 is 15.9 Å². The van der Waals surface area contributed by atoms with Crippen LogP contribution in [0, 0.1) is 12.8 Å². The van der Waals surface area contributed by atoms with Crippen molar-refractivity contribution in [1.82, 2.24) is 0 Å². The first-order valence-corrected chi connectivity index (χ1v) is 6.87. The number of hydrogen-bond acceptors (Lipinski definition) is 0. The normalized spacial score (nSPS) is 19.3. The van der Waals surface area contributed by atoms with Gasteiger partial charge in [0.2, 0.25) is 0 Å². The Morgan fingerprint density at radius 1 is 1.20 bits per heavy atom. The molecule has 1 heteroatoms. The lowest BCUT2D eigenvalue weighted by atomic mass is 9.98. The Hall–Kier alpha value is -0.300. The van der Waals surface area contributed by atoms with Crippen LogP contribution in [0.1, 0.15) is 36.8 Å². The Bertz CT molecular complexity index is 296. The molecule has 0 bridgehead atoms. The molecule has 1 atom stereocenters. The lowest BCUT2D eigenvalue weighted by Gasteiger charge is -2.16. The zero-order chi connectivity index (χ0) is 10.7. The highest BCUT2D eigenvalue weighted by atomic mass is 79.9. The Balaban J connectivity index is 1.92. The zero-order valence-electron chi connectivity index (χ0n) is 9.38. The quantitative estimate of drug-likeness (QED) is 0.708. The smallest absolute Gasteiger partial charge is 0.0214 e. The number of aryl methyl sites for hydroxylation is 1. The highest BCUT2D eigenvalue weighted by Crippen LogP contribution is 2.33. The summed E-state index contributed by atoms with van der Waals surface area (Å²) in [6.45, 7) is 2.15. The zero-order valence-corrected chi connectivity index (χ0v) is 11.0. The first-order chi connectivity index (χ1) is 7.25. The van der Waals surface area contributed by atoms with E-state index in [-0.39, 0.29) is 0 Å². The van der Waals surface area contributed by atoms with E-state index in [0.29, 0.717) is 4.83 Å². The second kappa shape index (κ2) is 5.16. The summed E-state index contributed by atoms with van der Waals surface area (Å²) in [6, 6.07) is 8.95. The van der Waals surface area contributed by atoms with E-state index in [1.165, 1.54) is 43.2 Å². The van der Waals surface area contributed by atoms with Gasteiger partial charge in [-0.15, -0.1) is 0 Å². The molecular weight excluding hydrogens is 248 g/mol. The maximum absolute atomic E-state index is 3.86. The minimum absolute atomic E-state index is 0.683. The SMILES string of the molecule is Cc1ccc(CC(Br)C2CCCC2)cc1.